The summed E-state index contributed by atoms with van der Waals surface area (Å²) in [7, 11) is 0. The SMILES string of the molecule is Nc1ccc(-c2cc(OC3CC(NC(=O)CO)C3)nc(N3CCOCC3)n2)cn1. The van der Waals surface area contributed by atoms with E-state index in [4.69, 9.17) is 20.3 Å². The zero-order valence-electron chi connectivity index (χ0n) is 16.0. The van der Waals surface area contributed by atoms with E-state index in [1.165, 1.54) is 0 Å². The number of ether oxygens (including phenoxy) is 2. The fraction of sp³-hybridized carbons (Fsp3) is 0.474. The quantitative estimate of drug-likeness (QED) is 0.611. The summed E-state index contributed by atoms with van der Waals surface area (Å²) in [5, 5.41) is 11.6. The summed E-state index contributed by atoms with van der Waals surface area (Å²) in [5.41, 5.74) is 7.22. The van der Waals surface area contributed by atoms with Gasteiger partial charge in [-0.25, -0.2) is 9.97 Å². The van der Waals surface area contributed by atoms with Crippen LogP contribution in [0.1, 0.15) is 12.8 Å². The lowest BCUT2D eigenvalue weighted by molar-refractivity contribution is -0.125. The molecule has 4 rings (SSSR count). The molecule has 1 amide bonds. The van der Waals surface area contributed by atoms with Crippen molar-refractivity contribution in [1.29, 1.82) is 0 Å². The van der Waals surface area contributed by atoms with E-state index in [-0.39, 0.29) is 18.1 Å². The standard InChI is InChI=1S/C19H24N6O4/c20-16-2-1-12(10-21-16)15-9-18(24-19(23-15)25-3-5-28-6-4-25)29-14-7-13(8-14)22-17(27)11-26/h1-2,9-10,13-14,26H,3-8,11H2,(H2,20,21)(H,22,27). The third kappa shape index (κ3) is 4.72. The molecule has 2 aliphatic rings. The van der Waals surface area contributed by atoms with E-state index in [2.05, 4.69) is 25.2 Å². The maximum Gasteiger partial charge on any atom is 0.245 e. The zero-order chi connectivity index (χ0) is 20.2. The highest BCUT2D eigenvalue weighted by Crippen LogP contribution is 2.29. The molecule has 10 nitrogen and oxygen atoms in total. The minimum Gasteiger partial charge on any atom is -0.474 e. The molecule has 1 aliphatic carbocycles. The van der Waals surface area contributed by atoms with Gasteiger partial charge in [-0.05, 0) is 12.1 Å². The number of aliphatic hydroxyl groups excluding tert-OH is 1. The largest absolute Gasteiger partial charge is 0.474 e. The van der Waals surface area contributed by atoms with Crippen LogP contribution in [0.3, 0.4) is 0 Å². The topological polar surface area (TPSA) is 136 Å². The molecule has 1 saturated heterocycles. The average molecular weight is 400 g/mol. The van der Waals surface area contributed by atoms with Crippen LogP contribution in [-0.4, -0.2) is 71.0 Å². The summed E-state index contributed by atoms with van der Waals surface area (Å²) < 4.78 is 11.5. The zero-order valence-corrected chi connectivity index (χ0v) is 16.0. The maximum atomic E-state index is 11.3. The van der Waals surface area contributed by atoms with Gasteiger partial charge in [-0.3, -0.25) is 4.79 Å². The molecule has 0 spiro atoms. The number of pyridine rings is 1. The first kappa shape index (κ1) is 19.3. The predicted octanol–water partition coefficient (Wildman–Crippen LogP) is -0.0243. The number of carbonyl (C=O) groups is 1. The van der Waals surface area contributed by atoms with Gasteiger partial charge in [-0.1, -0.05) is 0 Å². The van der Waals surface area contributed by atoms with Crippen molar-refractivity contribution in [3.8, 4) is 17.1 Å². The number of aliphatic hydroxyl groups is 1. The van der Waals surface area contributed by atoms with Gasteiger partial charge in [0.15, 0.2) is 0 Å². The fourth-order valence-corrected chi connectivity index (χ4v) is 3.31. The number of nitrogens with one attached hydrogen (secondary N) is 1. The molecule has 154 valence electrons. The predicted molar refractivity (Wildman–Crippen MR) is 105 cm³/mol. The van der Waals surface area contributed by atoms with Crippen molar-refractivity contribution in [2.24, 2.45) is 0 Å². The van der Waals surface area contributed by atoms with Crippen molar-refractivity contribution in [2.45, 2.75) is 25.0 Å². The Morgan fingerprint density at radius 2 is 2.10 bits per heavy atom. The van der Waals surface area contributed by atoms with Gasteiger partial charge in [0, 0.05) is 49.8 Å². The molecule has 0 aromatic carbocycles. The molecule has 3 heterocycles. The van der Waals surface area contributed by atoms with Crippen LogP contribution in [0.4, 0.5) is 11.8 Å². The van der Waals surface area contributed by atoms with Crippen LogP contribution in [0, 0.1) is 0 Å². The fourth-order valence-electron chi connectivity index (χ4n) is 3.31. The van der Waals surface area contributed by atoms with Crippen LogP contribution in [-0.2, 0) is 9.53 Å². The second-order valence-corrected chi connectivity index (χ2v) is 7.10. The number of nitrogen functional groups attached to an aromatic ring is 1. The van der Waals surface area contributed by atoms with Crippen LogP contribution in [0.15, 0.2) is 24.4 Å². The molecule has 2 aromatic heterocycles. The van der Waals surface area contributed by atoms with Gasteiger partial charge in [0.05, 0.1) is 18.9 Å². The number of nitrogens with zero attached hydrogens (tertiary/aromatic N) is 4. The highest BCUT2D eigenvalue weighted by atomic mass is 16.5. The van der Waals surface area contributed by atoms with Gasteiger partial charge >= 0.3 is 0 Å². The first-order valence-electron chi connectivity index (χ1n) is 9.61. The number of morpholine rings is 1. The summed E-state index contributed by atoms with van der Waals surface area (Å²) in [6.45, 7) is 2.17. The van der Waals surface area contributed by atoms with E-state index < -0.39 is 6.61 Å². The average Bonchev–Trinajstić information content (AvgIpc) is 2.73. The summed E-state index contributed by atoms with van der Waals surface area (Å²) in [5.74, 6) is 1.13. The lowest BCUT2D eigenvalue weighted by Gasteiger charge is -2.35. The molecule has 0 bridgehead atoms. The number of hydrogen-bond acceptors (Lipinski definition) is 9. The lowest BCUT2D eigenvalue weighted by atomic mass is 9.89. The summed E-state index contributed by atoms with van der Waals surface area (Å²) >= 11 is 0. The Morgan fingerprint density at radius 3 is 2.79 bits per heavy atom. The Morgan fingerprint density at radius 1 is 1.31 bits per heavy atom. The molecule has 0 radical (unpaired) electrons. The number of carbonyl (C=O) groups excluding carboxylic acids is 1. The number of nitrogens with two attached hydrogens (primary N) is 1. The van der Waals surface area contributed by atoms with Crippen molar-refractivity contribution in [3.63, 3.8) is 0 Å². The van der Waals surface area contributed by atoms with E-state index in [0.29, 0.717) is 62.5 Å². The number of anilines is 2. The van der Waals surface area contributed by atoms with Crippen LogP contribution in [0.2, 0.25) is 0 Å². The maximum absolute atomic E-state index is 11.3. The van der Waals surface area contributed by atoms with E-state index in [9.17, 15) is 4.79 Å². The third-order valence-electron chi connectivity index (χ3n) is 4.96. The van der Waals surface area contributed by atoms with Crippen LogP contribution < -0.4 is 20.7 Å². The minimum absolute atomic E-state index is 0.0148. The molecule has 0 unspecified atom stereocenters. The Kier molecular flexibility index (Phi) is 5.72. The van der Waals surface area contributed by atoms with Gasteiger partial charge in [-0.2, -0.15) is 4.98 Å². The van der Waals surface area contributed by atoms with E-state index >= 15 is 0 Å². The molecular weight excluding hydrogens is 376 g/mol. The van der Waals surface area contributed by atoms with E-state index in [0.717, 1.165) is 5.56 Å². The normalized spacial score (nSPS) is 21.3. The second-order valence-electron chi connectivity index (χ2n) is 7.10. The molecule has 29 heavy (non-hydrogen) atoms. The Labute approximate surface area is 168 Å². The lowest BCUT2D eigenvalue weighted by Crippen LogP contribution is -2.49. The molecule has 10 heteroatoms. The van der Waals surface area contributed by atoms with E-state index in [1.54, 1.807) is 18.3 Å². The molecule has 0 atom stereocenters. The monoisotopic (exact) mass is 400 g/mol. The summed E-state index contributed by atoms with van der Waals surface area (Å²) in [4.78, 5) is 26.8. The highest BCUT2D eigenvalue weighted by Gasteiger charge is 2.32. The molecule has 4 N–H and O–H groups in total. The first-order chi connectivity index (χ1) is 14.1. The number of rotatable bonds is 6. The summed E-state index contributed by atoms with van der Waals surface area (Å²) in [6.07, 6.45) is 2.96. The number of amides is 1. The Balaban J connectivity index is 1.52. The van der Waals surface area contributed by atoms with Gasteiger partial charge in [-0.15, -0.1) is 0 Å². The van der Waals surface area contributed by atoms with Crippen LogP contribution in [0.25, 0.3) is 11.3 Å². The van der Waals surface area contributed by atoms with Crippen LogP contribution >= 0.6 is 0 Å². The third-order valence-corrected chi connectivity index (χ3v) is 4.96. The molecule has 1 saturated carbocycles. The number of aromatic nitrogens is 3. The Bertz CT molecular complexity index is 850. The highest BCUT2D eigenvalue weighted by molar-refractivity contribution is 5.77. The molecule has 2 aromatic rings. The van der Waals surface area contributed by atoms with Gasteiger partial charge in [0.25, 0.3) is 0 Å². The van der Waals surface area contributed by atoms with Crippen molar-refractivity contribution in [1.82, 2.24) is 20.3 Å². The second kappa shape index (κ2) is 8.58. The minimum atomic E-state index is -0.504. The van der Waals surface area contributed by atoms with Crippen molar-refractivity contribution in [3.05, 3.63) is 24.4 Å². The van der Waals surface area contributed by atoms with Crippen molar-refractivity contribution >= 4 is 17.7 Å². The molecule has 2 fully saturated rings. The van der Waals surface area contributed by atoms with Crippen LogP contribution in [0.5, 0.6) is 5.88 Å². The first-order valence-corrected chi connectivity index (χ1v) is 9.61. The smallest absolute Gasteiger partial charge is 0.245 e. The van der Waals surface area contributed by atoms with Gasteiger partial charge in [0.1, 0.15) is 18.5 Å². The van der Waals surface area contributed by atoms with Crippen molar-refractivity contribution < 1.29 is 19.4 Å². The van der Waals surface area contributed by atoms with Gasteiger partial charge < -0.3 is 30.5 Å². The van der Waals surface area contributed by atoms with E-state index in [1.807, 2.05) is 6.07 Å². The van der Waals surface area contributed by atoms with Crippen molar-refractivity contribution in [2.75, 3.05) is 43.5 Å². The molecule has 1 aliphatic heterocycles. The molecular formula is C19H24N6O4. The Hall–Kier alpha value is -2.98. The number of hydrogen-bond donors (Lipinski definition) is 3. The van der Waals surface area contributed by atoms with Gasteiger partial charge in [0.2, 0.25) is 17.7 Å². The summed E-state index contributed by atoms with van der Waals surface area (Å²) in [6, 6.07) is 5.39.